The van der Waals surface area contributed by atoms with Crippen LogP contribution in [-0.2, 0) is 0 Å². The largest absolute Gasteiger partial charge is 0.256 e. The fourth-order valence-corrected chi connectivity index (χ4v) is 1.44. The molecule has 0 spiro atoms. The highest BCUT2D eigenvalue weighted by molar-refractivity contribution is 5.63. The highest BCUT2D eigenvalue weighted by Crippen LogP contribution is 2.23. The van der Waals surface area contributed by atoms with Crippen molar-refractivity contribution in [3.8, 4) is 11.3 Å². The van der Waals surface area contributed by atoms with E-state index in [-0.39, 0.29) is 11.6 Å². The first-order valence-corrected chi connectivity index (χ1v) is 4.55. The quantitative estimate of drug-likeness (QED) is 0.695. The Balaban J connectivity index is 2.59. The SMILES string of the molecule is Cc1c(F)cccc1-c1cc(F)ccn1. The van der Waals surface area contributed by atoms with Gasteiger partial charge in [0.25, 0.3) is 0 Å². The van der Waals surface area contributed by atoms with Gasteiger partial charge in [-0.25, -0.2) is 8.78 Å². The molecule has 3 heteroatoms. The van der Waals surface area contributed by atoms with Crippen LogP contribution in [0.4, 0.5) is 8.78 Å². The second-order valence-electron chi connectivity index (χ2n) is 3.27. The summed E-state index contributed by atoms with van der Waals surface area (Å²) in [5.41, 5.74) is 1.55. The Morgan fingerprint density at radius 2 is 1.93 bits per heavy atom. The van der Waals surface area contributed by atoms with Gasteiger partial charge in [0, 0.05) is 17.8 Å². The summed E-state index contributed by atoms with van der Waals surface area (Å²) >= 11 is 0. The molecule has 2 aromatic rings. The maximum Gasteiger partial charge on any atom is 0.126 e. The Labute approximate surface area is 86.4 Å². The second-order valence-corrected chi connectivity index (χ2v) is 3.27. The summed E-state index contributed by atoms with van der Waals surface area (Å²) in [5.74, 6) is -0.678. The van der Waals surface area contributed by atoms with Crippen LogP contribution in [0.1, 0.15) is 5.56 Å². The predicted molar refractivity (Wildman–Crippen MR) is 54.3 cm³/mol. The highest BCUT2D eigenvalue weighted by atomic mass is 19.1. The molecule has 76 valence electrons. The van der Waals surface area contributed by atoms with E-state index in [9.17, 15) is 8.78 Å². The number of hydrogen-bond acceptors (Lipinski definition) is 1. The molecule has 1 heterocycles. The van der Waals surface area contributed by atoms with Gasteiger partial charge >= 0.3 is 0 Å². The van der Waals surface area contributed by atoms with E-state index < -0.39 is 0 Å². The molecule has 2 rings (SSSR count). The predicted octanol–water partition coefficient (Wildman–Crippen LogP) is 3.34. The monoisotopic (exact) mass is 205 g/mol. The van der Waals surface area contributed by atoms with Gasteiger partial charge in [-0.15, -0.1) is 0 Å². The lowest BCUT2D eigenvalue weighted by atomic mass is 10.0. The molecule has 1 nitrogen and oxygen atoms in total. The van der Waals surface area contributed by atoms with Crippen molar-refractivity contribution in [2.24, 2.45) is 0 Å². The molecule has 0 saturated heterocycles. The van der Waals surface area contributed by atoms with E-state index in [0.29, 0.717) is 16.8 Å². The van der Waals surface area contributed by atoms with E-state index >= 15 is 0 Å². The fourth-order valence-electron chi connectivity index (χ4n) is 1.44. The standard InChI is InChI=1S/C12H9F2N/c1-8-10(3-2-4-11(8)14)12-7-9(13)5-6-15-12/h2-7H,1H3. The number of pyridine rings is 1. The molecule has 0 amide bonds. The molecule has 0 N–H and O–H groups in total. The van der Waals surface area contributed by atoms with Gasteiger partial charge in [-0.3, -0.25) is 4.98 Å². The molecular formula is C12H9F2N. The van der Waals surface area contributed by atoms with E-state index in [1.165, 1.54) is 24.4 Å². The molecule has 0 aliphatic carbocycles. The number of benzene rings is 1. The summed E-state index contributed by atoms with van der Waals surface area (Å²) in [6, 6.07) is 7.24. The molecule has 0 radical (unpaired) electrons. The molecule has 0 aliphatic heterocycles. The molecule has 1 aromatic heterocycles. The molecule has 0 saturated carbocycles. The van der Waals surface area contributed by atoms with Crippen molar-refractivity contribution in [2.75, 3.05) is 0 Å². The molecule has 0 atom stereocenters. The first kappa shape index (κ1) is 9.77. The lowest BCUT2D eigenvalue weighted by Crippen LogP contribution is -1.90. The van der Waals surface area contributed by atoms with Crippen LogP contribution in [0.2, 0.25) is 0 Å². The summed E-state index contributed by atoms with van der Waals surface area (Å²) in [4.78, 5) is 4.01. The minimum atomic E-state index is -0.372. The zero-order chi connectivity index (χ0) is 10.8. The van der Waals surface area contributed by atoms with Gasteiger partial charge in [0.2, 0.25) is 0 Å². The van der Waals surface area contributed by atoms with Crippen molar-refractivity contribution in [3.63, 3.8) is 0 Å². The van der Waals surface area contributed by atoms with Gasteiger partial charge in [0.05, 0.1) is 5.69 Å². The molecule has 15 heavy (non-hydrogen) atoms. The number of nitrogens with zero attached hydrogens (tertiary/aromatic N) is 1. The smallest absolute Gasteiger partial charge is 0.126 e. The third kappa shape index (κ3) is 1.86. The molecular weight excluding hydrogens is 196 g/mol. The van der Waals surface area contributed by atoms with Gasteiger partial charge in [-0.05, 0) is 24.6 Å². The van der Waals surface area contributed by atoms with Crippen molar-refractivity contribution in [2.45, 2.75) is 6.92 Å². The minimum Gasteiger partial charge on any atom is -0.256 e. The molecule has 1 aromatic carbocycles. The van der Waals surface area contributed by atoms with E-state index in [2.05, 4.69) is 4.98 Å². The Hall–Kier alpha value is -1.77. The average molecular weight is 205 g/mol. The highest BCUT2D eigenvalue weighted by Gasteiger charge is 2.07. The maximum absolute atomic E-state index is 13.2. The maximum atomic E-state index is 13.2. The topological polar surface area (TPSA) is 12.9 Å². The molecule has 0 unspecified atom stereocenters. The number of aromatic nitrogens is 1. The van der Waals surface area contributed by atoms with Crippen molar-refractivity contribution in [1.82, 2.24) is 4.98 Å². The van der Waals surface area contributed by atoms with Crippen LogP contribution in [-0.4, -0.2) is 4.98 Å². The van der Waals surface area contributed by atoms with Gasteiger partial charge in [-0.2, -0.15) is 0 Å². The van der Waals surface area contributed by atoms with Crippen molar-refractivity contribution < 1.29 is 8.78 Å². The van der Waals surface area contributed by atoms with E-state index in [1.807, 2.05) is 0 Å². The summed E-state index contributed by atoms with van der Waals surface area (Å²) in [5, 5.41) is 0. The third-order valence-electron chi connectivity index (χ3n) is 2.27. The molecule has 0 fully saturated rings. The third-order valence-corrected chi connectivity index (χ3v) is 2.27. The molecule has 0 bridgehead atoms. The number of hydrogen-bond donors (Lipinski definition) is 0. The van der Waals surface area contributed by atoms with Crippen LogP contribution < -0.4 is 0 Å². The Morgan fingerprint density at radius 3 is 2.67 bits per heavy atom. The second kappa shape index (κ2) is 3.77. The summed E-state index contributed by atoms with van der Waals surface area (Å²) in [7, 11) is 0. The zero-order valence-electron chi connectivity index (χ0n) is 8.17. The van der Waals surface area contributed by atoms with Crippen LogP contribution in [0.3, 0.4) is 0 Å². The van der Waals surface area contributed by atoms with Crippen molar-refractivity contribution in [1.29, 1.82) is 0 Å². The van der Waals surface area contributed by atoms with Crippen molar-refractivity contribution >= 4 is 0 Å². The first-order valence-electron chi connectivity index (χ1n) is 4.55. The van der Waals surface area contributed by atoms with Crippen LogP contribution in [0.15, 0.2) is 36.5 Å². The van der Waals surface area contributed by atoms with Crippen molar-refractivity contribution in [3.05, 3.63) is 53.7 Å². The zero-order valence-corrected chi connectivity index (χ0v) is 8.17. The van der Waals surface area contributed by atoms with Crippen LogP contribution >= 0.6 is 0 Å². The van der Waals surface area contributed by atoms with E-state index in [4.69, 9.17) is 0 Å². The van der Waals surface area contributed by atoms with Gasteiger partial charge in [0.15, 0.2) is 0 Å². The van der Waals surface area contributed by atoms with Gasteiger partial charge in [-0.1, -0.05) is 12.1 Å². The van der Waals surface area contributed by atoms with Gasteiger partial charge in [0.1, 0.15) is 11.6 Å². The van der Waals surface area contributed by atoms with Crippen LogP contribution in [0.5, 0.6) is 0 Å². The lowest BCUT2D eigenvalue weighted by molar-refractivity contribution is 0.618. The normalized spacial score (nSPS) is 10.3. The molecule has 0 aliphatic rings. The van der Waals surface area contributed by atoms with Gasteiger partial charge < -0.3 is 0 Å². The number of halogens is 2. The first-order chi connectivity index (χ1) is 7.18. The van der Waals surface area contributed by atoms with Crippen LogP contribution in [0, 0.1) is 18.6 Å². The summed E-state index contributed by atoms with van der Waals surface area (Å²) in [6.07, 6.45) is 1.37. The fraction of sp³-hybridized carbons (Fsp3) is 0.0833. The average Bonchev–Trinajstić information content (AvgIpc) is 2.22. The van der Waals surface area contributed by atoms with Crippen LogP contribution in [0.25, 0.3) is 11.3 Å². The summed E-state index contributed by atoms with van der Waals surface area (Å²) in [6.45, 7) is 1.65. The lowest BCUT2D eigenvalue weighted by Gasteiger charge is -2.05. The number of rotatable bonds is 1. The van der Waals surface area contributed by atoms with E-state index in [0.717, 1.165) is 0 Å². The minimum absolute atomic E-state index is 0.307. The van der Waals surface area contributed by atoms with E-state index in [1.54, 1.807) is 19.1 Å². The Morgan fingerprint density at radius 1 is 1.13 bits per heavy atom. The Bertz CT molecular complexity index is 495. The Kier molecular flexibility index (Phi) is 2.46. The summed E-state index contributed by atoms with van der Waals surface area (Å²) < 4.78 is 26.2.